The molecule has 14 heavy (non-hydrogen) atoms. The van der Waals surface area contributed by atoms with Crippen LogP contribution in [0.5, 0.6) is 0 Å². The van der Waals surface area contributed by atoms with E-state index in [4.69, 9.17) is 11.0 Å². The van der Waals surface area contributed by atoms with Crippen molar-refractivity contribution in [1.29, 1.82) is 5.26 Å². The fourth-order valence-electron chi connectivity index (χ4n) is 0.972. The van der Waals surface area contributed by atoms with E-state index < -0.39 is 23.5 Å². The van der Waals surface area contributed by atoms with E-state index in [1.165, 1.54) is 6.07 Å². The Morgan fingerprint density at radius 1 is 1.57 bits per heavy atom. The summed E-state index contributed by atoms with van der Waals surface area (Å²) in [5, 5.41) is 8.39. The average Bonchev–Trinajstić information content (AvgIpc) is 2.17. The zero-order chi connectivity index (χ0) is 10.7. The first kappa shape index (κ1) is 10.5. The molecule has 1 heterocycles. The molecule has 1 rings (SSSR count). The molecular weight excluding hydrogens is 195 g/mol. The van der Waals surface area contributed by atoms with E-state index >= 15 is 0 Å². The lowest BCUT2D eigenvalue weighted by Gasteiger charge is -2.06. The van der Waals surface area contributed by atoms with Gasteiger partial charge in [0.1, 0.15) is 6.07 Å². The second-order valence-electron chi connectivity index (χ2n) is 2.47. The molecule has 0 fully saturated rings. The van der Waals surface area contributed by atoms with Crippen LogP contribution in [0.3, 0.4) is 0 Å². The molecule has 0 radical (unpaired) electrons. The van der Waals surface area contributed by atoms with E-state index in [2.05, 4.69) is 4.98 Å². The van der Waals surface area contributed by atoms with Gasteiger partial charge in [-0.25, -0.2) is 18.2 Å². The minimum Gasteiger partial charge on any atom is -0.325 e. The van der Waals surface area contributed by atoms with Gasteiger partial charge in [-0.05, 0) is 6.07 Å². The first-order valence-corrected chi connectivity index (χ1v) is 3.67. The van der Waals surface area contributed by atoms with Crippen molar-refractivity contribution in [3.8, 4) is 6.07 Å². The fraction of sp³-hybridized carbons (Fsp3) is 0.250. The third-order valence-electron chi connectivity index (χ3n) is 1.62. The summed E-state index contributed by atoms with van der Waals surface area (Å²) < 4.78 is 37.4. The summed E-state index contributed by atoms with van der Waals surface area (Å²) in [5.41, 5.74) is 3.90. The first-order chi connectivity index (χ1) is 6.60. The number of hydrogen-bond acceptors (Lipinski definition) is 3. The summed E-state index contributed by atoms with van der Waals surface area (Å²) in [6.45, 7) is -0.255. The molecule has 0 unspecified atom stereocenters. The quantitative estimate of drug-likeness (QED) is 0.788. The van der Waals surface area contributed by atoms with E-state index in [0.29, 0.717) is 6.07 Å². The van der Waals surface area contributed by atoms with Gasteiger partial charge >= 0.3 is 0 Å². The SMILES string of the molecule is N#Cc1nc(CN)c(C(F)F)cc1F. The first-order valence-electron chi connectivity index (χ1n) is 3.67. The molecule has 0 aromatic carbocycles. The minimum absolute atomic E-state index is 0.155. The second kappa shape index (κ2) is 4.07. The molecule has 3 nitrogen and oxygen atoms in total. The van der Waals surface area contributed by atoms with E-state index in [1.54, 1.807) is 0 Å². The number of pyridine rings is 1. The predicted molar refractivity (Wildman–Crippen MR) is 41.8 cm³/mol. The van der Waals surface area contributed by atoms with E-state index in [9.17, 15) is 13.2 Å². The molecule has 0 amide bonds. The van der Waals surface area contributed by atoms with Crippen molar-refractivity contribution >= 4 is 0 Å². The highest BCUT2D eigenvalue weighted by atomic mass is 19.3. The standard InChI is InChI=1S/C8H6F3N3/c9-5-1-4(8(10)11)6(2-12)14-7(5)3-13/h1,8H,2,12H2. The maximum absolute atomic E-state index is 12.9. The number of nitrogens with zero attached hydrogens (tertiary/aromatic N) is 2. The van der Waals surface area contributed by atoms with Crippen LogP contribution in [0.15, 0.2) is 6.07 Å². The molecule has 1 aromatic rings. The van der Waals surface area contributed by atoms with Gasteiger partial charge in [0.15, 0.2) is 11.5 Å². The van der Waals surface area contributed by atoms with Crippen molar-refractivity contribution in [3.05, 3.63) is 28.8 Å². The summed E-state index contributed by atoms with van der Waals surface area (Å²) >= 11 is 0. The maximum Gasteiger partial charge on any atom is 0.265 e. The predicted octanol–water partition coefficient (Wildman–Crippen LogP) is 1.49. The fourth-order valence-corrected chi connectivity index (χ4v) is 0.972. The van der Waals surface area contributed by atoms with Crippen LogP contribution in [0.25, 0.3) is 0 Å². The third kappa shape index (κ3) is 1.83. The highest BCUT2D eigenvalue weighted by Gasteiger charge is 2.17. The van der Waals surface area contributed by atoms with Gasteiger partial charge in [-0.1, -0.05) is 0 Å². The molecule has 0 saturated heterocycles. The summed E-state index contributed by atoms with van der Waals surface area (Å²) in [4.78, 5) is 3.39. The van der Waals surface area contributed by atoms with Crippen molar-refractivity contribution in [1.82, 2.24) is 4.98 Å². The van der Waals surface area contributed by atoms with E-state index in [0.717, 1.165) is 0 Å². The Balaban J connectivity index is 3.33. The van der Waals surface area contributed by atoms with Gasteiger partial charge in [0, 0.05) is 12.1 Å². The monoisotopic (exact) mass is 201 g/mol. The zero-order valence-electron chi connectivity index (χ0n) is 6.97. The smallest absolute Gasteiger partial charge is 0.265 e. The highest BCUT2D eigenvalue weighted by Crippen LogP contribution is 2.23. The molecule has 2 N–H and O–H groups in total. The number of halogens is 3. The van der Waals surface area contributed by atoms with Gasteiger partial charge in [0.05, 0.1) is 5.69 Å². The van der Waals surface area contributed by atoms with Gasteiger partial charge in [-0.3, -0.25) is 0 Å². The summed E-state index contributed by atoms with van der Waals surface area (Å²) in [5.74, 6) is -1.06. The maximum atomic E-state index is 12.9. The van der Waals surface area contributed by atoms with Gasteiger partial charge in [0.2, 0.25) is 0 Å². The topological polar surface area (TPSA) is 62.7 Å². The summed E-state index contributed by atoms with van der Waals surface area (Å²) in [6, 6.07) is 2.05. The van der Waals surface area contributed by atoms with Gasteiger partial charge in [-0.2, -0.15) is 5.26 Å². The van der Waals surface area contributed by atoms with E-state index in [-0.39, 0.29) is 12.2 Å². The molecule has 0 spiro atoms. The number of rotatable bonds is 2. The molecule has 74 valence electrons. The number of nitriles is 1. The van der Waals surface area contributed by atoms with Crippen LogP contribution in [0.1, 0.15) is 23.4 Å². The molecule has 0 aliphatic rings. The molecule has 1 aromatic heterocycles. The average molecular weight is 201 g/mol. The van der Waals surface area contributed by atoms with Gasteiger partial charge in [-0.15, -0.1) is 0 Å². The molecule has 0 aliphatic heterocycles. The normalized spacial score (nSPS) is 10.3. The van der Waals surface area contributed by atoms with Crippen molar-refractivity contribution in [2.45, 2.75) is 13.0 Å². The molecule has 0 bridgehead atoms. The number of hydrogen-bond donors (Lipinski definition) is 1. The van der Waals surface area contributed by atoms with E-state index in [1.807, 2.05) is 0 Å². The number of nitrogens with two attached hydrogens (primary N) is 1. The van der Waals surface area contributed by atoms with Crippen LogP contribution in [-0.4, -0.2) is 4.98 Å². The lowest BCUT2D eigenvalue weighted by atomic mass is 10.1. The number of alkyl halides is 2. The van der Waals surface area contributed by atoms with Crippen molar-refractivity contribution in [2.75, 3.05) is 0 Å². The molecule has 0 saturated carbocycles. The van der Waals surface area contributed by atoms with Crippen LogP contribution >= 0.6 is 0 Å². The number of aromatic nitrogens is 1. The Morgan fingerprint density at radius 3 is 2.64 bits per heavy atom. The van der Waals surface area contributed by atoms with Crippen LogP contribution < -0.4 is 5.73 Å². The molecular formula is C8H6F3N3. The summed E-state index contributed by atoms with van der Waals surface area (Å²) in [7, 11) is 0. The van der Waals surface area contributed by atoms with Crippen LogP contribution in [0.2, 0.25) is 0 Å². The Kier molecular flexibility index (Phi) is 3.04. The molecule has 6 heteroatoms. The summed E-state index contributed by atoms with van der Waals surface area (Å²) in [6.07, 6.45) is -2.84. The van der Waals surface area contributed by atoms with Gasteiger partial charge in [0.25, 0.3) is 6.43 Å². The second-order valence-corrected chi connectivity index (χ2v) is 2.47. The lowest BCUT2D eigenvalue weighted by Crippen LogP contribution is -2.08. The van der Waals surface area contributed by atoms with Gasteiger partial charge < -0.3 is 5.73 Å². The van der Waals surface area contributed by atoms with Crippen LogP contribution in [0, 0.1) is 17.1 Å². The largest absolute Gasteiger partial charge is 0.325 e. The molecule has 0 atom stereocenters. The molecule has 0 aliphatic carbocycles. The van der Waals surface area contributed by atoms with Crippen LogP contribution in [-0.2, 0) is 6.54 Å². The third-order valence-corrected chi connectivity index (χ3v) is 1.62. The van der Waals surface area contributed by atoms with Crippen molar-refractivity contribution in [2.24, 2.45) is 5.73 Å². The Morgan fingerprint density at radius 2 is 2.21 bits per heavy atom. The Labute approximate surface area is 78.0 Å². The minimum atomic E-state index is -2.84. The van der Waals surface area contributed by atoms with Crippen molar-refractivity contribution in [3.63, 3.8) is 0 Å². The van der Waals surface area contributed by atoms with Crippen molar-refractivity contribution < 1.29 is 13.2 Å². The highest BCUT2D eigenvalue weighted by molar-refractivity contribution is 5.31. The Bertz CT molecular complexity index is 384. The zero-order valence-corrected chi connectivity index (χ0v) is 6.97. The Hall–Kier alpha value is -1.61. The lowest BCUT2D eigenvalue weighted by molar-refractivity contribution is 0.149. The van der Waals surface area contributed by atoms with Crippen LogP contribution in [0.4, 0.5) is 13.2 Å².